The predicted molar refractivity (Wildman–Crippen MR) is 157 cm³/mol. The molecule has 9 nitrogen and oxygen atoms in total. The maximum Gasteiger partial charge on any atom is 0.327 e. The molecule has 0 aromatic heterocycles. The van der Waals surface area contributed by atoms with Crippen LogP contribution >= 0.6 is 21.6 Å². The van der Waals surface area contributed by atoms with Crippen LogP contribution in [0.2, 0.25) is 0 Å². The summed E-state index contributed by atoms with van der Waals surface area (Å²) in [5.74, 6) is -2.03. The number of phenolic OH excluding ortho intramolecular Hbond substituents is 1. The van der Waals surface area contributed by atoms with E-state index in [1.54, 1.807) is 0 Å². The first kappa shape index (κ1) is 31.9. The number of carbonyl (C=O) groups excluding carboxylic acids is 1. The van der Waals surface area contributed by atoms with Crippen molar-refractivity contribution in [2.75, 3.05) is 11.5 Å². The number of aromatic hydroxyl groups is 1. The fourth-order valence-electron chi connectivity index (χ4n) is 4.87. The van der Waals surface area contributed by atoms with Crippen molar-refractivity contribution in [2.24, 2.45) is 0 Å². The lowest BCUT2D eigenvalue weighted by molar-refractivity contribution is -0.141. The Balaban J connectivity index is 1.76. The summed E-state index contributed by atoms with van der Waals surface area (Å²) in [6, 6.07) is 0.196. The highest BCUT2D eigenvalue weighted by Crippen LogP contribution is 2.46. The largest absolute Gasteiger partial charge is 0.508 e. The maximum absolute atomic E-state index is 13.3. The summed E-state index contributed by atoms with van der Waals surface area (Å²) in [4.78, 5) is 37.4. The highest BCUT2D eigenvalue weighted by molar-refractivity contribution is 8.76. The Kier molecular flexibility index (Phi) is 11.0. The fraction of sp³-hybridized carbons (Fsp3) is 0.552. The van der Waals surface area contributed by atoms with Crippen molar-refractivity contribution in [1.82, 2.24) is 4.90 Å². The topological polar surface area (TPSA) is 145 Å². The molecule has 2 unspecified atom stereocenters. The van der Waals surface area contributed by atoms with Gasteiger partial charge in [-0.1, -0.05) is 44.9 Å². The Morgan fingerprint density at radius 2 is 1.88 bits per heavy atom. The number of allylic oxidation sites excluding steroid dienone is 4. The van der Waals surface area contributed by atoms with Crippen LogP contribution in [0, 0.1) is 0 Å². The molecule has 4 N–H and O–H groups in total. The Bertz CT molecular complexity index is 1190. The first-order chi connectivity index (χ1) is 18.8. The van der Waals surface area contributed by atoms with Gasteiger partial charge in [-0.05, 0) is 59.4 Å². The SMILES string of the molecule is CC(C)=CCC/C(C)=C/CCC1(C)Oc2c(c(O)cc3c2CN([C@@H](CSSCCC(=O)O)C(=O)O)C3=O)CC1O. The summed E-state index contributed by atoms with van der Waals surface area (Å²) in [6.45, 7) is 8.06. The zero-order valence-corrected chi connectivity index (χ0v) is 25.1. The van der Waals surface area contributed by atoms with E-state index in [1.165, 1.54) is 43.7 Å². The molecule has 40 heavy (non-hydrogen) atoms. The third-order valence-corrected chi connectivity index (χ3v) is 9.71. The first-order valence-electron chi connectivity index (χ1n) is 13.4. The molecular formula is C29H39NO8S2. The molecule has 0 aliphatic carbocycles. The van der Waals surface area contributed by atoms with Crippen LogP contribution in [0.5, 0.6) is 11.5 Å². The van der Waals surface area contributed by atoms with Crippen molar-refractivity contribution in [3.8, 4) is 11.5 Å². The average molecular weight is 594 g/mol. The van der Waals surface area contributed by atoms with Crippen LogP contribution in [0.15, 0.2) is 29.4 Å². The summed E-state index contributed by atoms with van der Waals surface area (Å²) in [7, 11) is 2.45. The van der Waals surface area contributed by atoms with E-state index in [9.17, 15) is 29.7 Å². The molecule has 0 spiro atoms. The molecule has 2 aliphatic heterocycles. The number of carbonyl (C=O) groups is 3. The van der Waals surface area contributed by atoms with E-state index < -0.39 is 35.6 Å². The number of aliphatic hydroxyl groups is 1. The summed E-state index contributed by atoms with van der Waals surface area (Å²) < 4.78 is 6.38. The van der Waals surface area contributed by atoms with Crippen molar-refractivity contribution in [3.05, 3.63) is 46.1 Å². The molecular weight excluding hydrogens is 554 g/mol. The van der Waals surface area contributed by atoms with Crippen molar-refractivity contribution in [1.29, 1.82) is 0 Å². The number of benzene rings is 1. The smallest absolute Gasteiger partial charge is 0.327 e. The summed E-state index contributed by atoms with van der Waals surface area (Å²) in [5.41, 5.74) is 2.71. The standard InChI is InChI=1S/C29H39NO8S2/c1-17(2)7-5-8-18(3)9-6-11-29(4)24(32)14-20-23(31)13-19-21(26(20)38-29)15-30(27(19)35)22(28(36)37)16-40-39-12-10-25(33)34/h7,9,13,22,24,31-32H,5-6,8,10-12,14-16H2,1-4H3,(H,33,34)(H,36,37)/b18-9+/t22-,24?,29?/m0/s1. The molecule has 0 saturated heterocycles. The fourth-order valence-corrected chi connectivity index (χ4v) is 7.07. The van der Waals surface area contributed by atoms with Gasteiger partial charge < -0.3 is 30.1 Å². The average Bonchev–Trinajstić information content (AvgIpc) is 3.18. The molecule has 2 heterocycles. The van der Waals surface area contributed by atoms with E-state index in [2.05, 4.69) is 32.9 Å². The van der Waals surface area contributed by atoms with Crippen molar-refractivity contribution >= 4 is 39.4 Å². The zero-order valence-electron chi connectivity index (χ0n) is 23.4. The normalized spacial score (nSPS) is 20.9. The zero-order chi connectivity index (χ0) is 29.6. The maximum atomic E-state index is 13.3. The molecule has 1 amide bonds. The number of rotatable bonds is 14. The summed E-state index contributed by atoms with van der Waals surface area (Å²) in [5, 5.41) is 40.4. The molecule has 3 rings (SSSR count). The Morgan fingerprint density at radius 1 is 1.15 bits per heavy atom. The number of amides is 1. The highest BCUT2D eigenvalue weighted by atomic mass is 33.1. The molecule has 1 aromatic rings. The second-order valence-corrected chi connectivity index (χ2v) is 13.4. The van der Waals surface area contributed by atoms with Crippen LogP contribution < -0.4 is 4.74 Å². The van der Waals surface area contributed by atoms with Crippen LogP contribution in [0.1, 0.15) is 81.3 Å². The minimum absolute atomic E-state index is 0.00362. The van der Waals surface area contributed by atoms with Crippen molar-refractivity contribution in [2.45, 2.75) is 90.5 Å². The molecule has 1 aromatic carbocycles. The number of aliphatic carboxylic acids is 2. The molecule has 3 atom stereocenters. The molecule has 0 fully saturated rings. The number of hydrogen-bond acceptors (Lipinski definition) is 8. The van der Waals surface area contributed by atoms with E-state index in [-0.39, 0.29) is 36.5 Å². The molecule has 0 radical (unpaired) electrons. The Labute approximate surface area is 243 Å². The van der Waals surface area contributed by atoms with Gasteiger partial charge in [0, 0.05) is 29.1 Å². The van der Waals surface area contributed by atoms with Crippen LogP contribution in [0.3, 0.4) is 0 Å². The lowest BCUT2D eigenvalue weighted by atomic mass is 9.84. The number of hydrogen-bond donors (Lipinski definition) is 4. The number of phenols is 1. The number of ether oxygens (including phenoxy) is 1. The number of fused-ring (bicyclic) bond motifs is 3. The lowest BCUT2D eigenvalue weighted by Crippen LogP contribution is -2.49. The van der Waals surface area contributed by atoms with Gasteiger partial charge in [-0.25, -0.2) is 4.79 Å². The second kappa shape index (κ2) is 13.8. The van der Waals surface area contributed by atoms with Gasteiger partial charge >= 0.3 is 11.9 Å². The molecule has 11 heteroatoms. The van der Waals surface area contributed by atoms with E-state index in [4.69, 9.17) is 9.84 Å². The minimum atomic E-state index is -1.17. The highest BCUT2D eigenvalue weighted by Gasteiger charge is 2.45. The van der Waals surface area contributed by atoms with Gasteiger partial charge in [0.1, 0.15) is 23.1 Å². The van der Waals surface area contributed by atoms with Gasteiger partial charge in [0.15, 0.2) is 0 Å². The number of carboxylic acid groups (broad SMARTS) is 2. The van der Waals surface area contributed by atoms with Crippen LogP contribution in [-0.4, -0.2) is 72.4 Å². The Hall–Kier alpha value is -2.63. The summed E-state index contributed by atoms with van der Waals surface area (Å²) >= 11 is 0. The van der Waals surface area contributed by atoms with E-state index in [0.29, 0.717) is 35.5 Å². The Morgan fingerprint density at radius 3 is 2.52 bits per heavy atom. The number of aliphatic hydroxyl groups excluding tert-OH is 1. The van der Waals surface area contributed by atoms with Crippen LogP contribution in [-0.2, 0) is 22.6 Å². The molecule has 0 bridgehead atoms. The van der Waals surface area contributed by atoms with Crippen molar-refractivity contribution < 1.29 is 39.5 Å². The van der Waals surface area contributed by atoms with Crippen LogP contribution in [0.4, 0.5) is 0 Å². The third kappa shape index (κ3) is 7.76. The van der Waals surface area contributed by atoms with E-state index >= 15 is 0 Å². The first-order valence-corrected chi connectivity index (χ1v) is 15.9. The van der Waals surface area contributed by atoms with Gasteiger partial charge in [-0.15, -0.1) is 0 Å². The number of carboxylic acids is 2. The molecule has 2 aliphatic rings. The number of nitrogens with zero attached hydrogens (tertiary/aromatic N) is 1. The molecule has 0 saturated carbocycles. The van der Waals surface area contributed by atoms with Gasteiger partial charge in [0.25, 0.3) is 5.91 Å². The monoisotopic (exact) mass is 593 g/mol. The van der Waals surface area contributed by atoms with Gasteiger partial charge in [0.05, 0.1) is 24.6 Å². The van der Waals surface area contributed by atoms with E-state index in [1.807, 2.05) is 6.92 Å². The van der Waals surface area contributed by atoms with Gasteiger partial charge in [-0.3, -0.25) is 9.59 Å². The van der Waals surface area contributed by atoms with Gasteiger partial charge in [-0.2, -0.15) is 0 Å². The third-order valence-electron chi connectivity index (χ3n) is 7.32. The lowest BCUT2D eigenvalue weighted by Gasteiger charge is -2.41. The molecule has 220 valence electrons. The van der Waals surface area contributed by atoms with Crippen molar-refractivity contribution in [3.63, 3.8) is 0 Å². The quantitative estimate of drug-likeness (QED) is 0.129. The van der Waals surface area contributed by atoms with E-state index in [0.717, 1.165) is 12.8 Å². The van der Waals surface area contributed by atoms with Crippen LogP contribution in [0.25, 0.3) is 0 Å². The summed E-state index contributed by atoms with van der Waals surface area (Å²) in [6.07, 6.45) is 6.73. The van der Waals surface area contributed by atoms with Gasteiger partial charge in [0.2, 0.25) is 0 Å². The second-order valence-electron chi connectivity index (χ2n) is 10.8. The predicted octanol–water partition coefficient (Wildman–Crippen LogP) is 5.18. The minimum Gasteiger partial charge on any atom is -0.508 e.